The van der Waals surface area contributed by atoms with Crippen molar-refractivity contribution in [2.45, 2.75) is 31.4 Å². The normalized spacial score (nSPS) is 11.4. The van der Waals surface area contributed by atoms with Crippen LogP contribution in [0.1, 0.15) is 15.9 Å². The molecule has 152 valence electrons. The molecule has 0 aliphatic rings. The third-order valence-electron chi connectivity index (χ3n) is 4.59. The Morgan fingerprint density at radius 2 is 1.86 bits per heavy atom. The molecule has 0 unspecified atom stereocenters. The molecule has 0 radical (unpaired) electrons. The maximum absolute atomic E-state index is 12.7. The van der Waals surface area contributed by atoms with E-state index in [1.165, 1.54) is 17.4 Å². The molecule has 1 aromatic heterocycles. The van der Waals surface area contributed by atoms with Gasteiger partial charge in [0, 0.05) is 24.3 Å². The van der Waals surface area contributed by atoms with E-state index in [1.54, 1.807) is 11.3 Å². The van der Waals surface area contributed by atoms with Crippen molar-refractivity contribution < 1.29 is 4.79 Å². The van der Waals surface area contributed by atoms with E-state index < -0.39 is 8.07 Å². The van der Waals surface area contributed by atoms with Crippen LogP contribution in [0, 0.1) is 0 Å². The number of anilines is 2. The van der Waals surface area contributed by atoms with Crippen LogP contribution in [0.25, 0.3) is 10.4 Å². The van der Waals surface area contributed by atoms with E-state index in [0.29, 0.717) is 16.9 Å². The number of hydrogen-bond donors (Lipinski definition) is 2. The summed E-state index contributed by atoms with van der Waals surface area (Å²) >= 11 is 3.63. The number of thioether (sulfide) groups is 1. The van der Waals surface area contributed by atoms with Crippen LogP contribution in [0.15, 0.2) is 60.0 Å². The van der Waals surface area contributed by atoms with Gasteiger partial charge in [0.05, 0.1) is 11.4 Å². The zero-order chi connectivity index (χ0) is 20.9. The first kappa shape index (κ1) is 21.7. The van der Waals surface area contributed by atoms with Crippen molar-refractivity contribution in [3.8, 4) is 10.4 Å². The minimum absolute atomic E-state index is 0.141. The van der Waals surface area contributed by atoms with Crippen LogP contribution < -0.4 is 11.1 Å². The maximum Gasteiger partial charge on any atom is 0.255 e. The van der Waals surface area contributed by atoms with Gasteiger partial charge in [-0.3, -0.25) is 4.79 Å². The molecule has 2 aromatic carbocycles. The number of carbonyl (C=O) groups excluding carboxylic acids is 1. The molecule has 0 bridgehead atoms. The maximum atomic E-state index is 12.7. The largest absolute Gasteiger partial charge is 0.397 e. The molecule has 0 spiro atoms. The van der Waals surface area contributed by atoms with E-state index in [0.717, 1.165) is 16.2 Å². The Bertz CT molecular complexity index is 948. The lowest BCUT2D eigenvalue weighted by molar-refractivity contribution is 0.102. The van der Waals surface area contributed by atoms with Gasteiger partial charge in [-0.1, -0.05) is 43.9 Å². The first-order chi connectivity index (χ1) is 13.8. The van der Waals surface area contributed by atoms with E-state index >= 15 is 0 Å². The Labute approximate surface area is 182 Å². The fourth-order valence-electron chi connectivity index (χ4n) is 2.78. The van der Waals surface area contributed by atoms with Crippen LogP contribution >= 0.6 is 23.1 Å². The van der Waals surface area contributed by atoms with Crippen molar-refractivity contribution in [2.24, 2.45) is 0 Å². The van der Waals surface area contributed by atoms with Gasteiger partial charge in [0.2, 0.25) is 0 Å². The monoisotopic (exact) mass is 440 g/mol. The van der Waals surface area contributed by atoms with Crippen molar-refractivity contribution >= 4 is 48.5 Å². The standard InChI is InChI=1S/C23H28N2OS2Si/c1-29(2,3)14-13-27-16-17-6-8-18(9-7-17)23(26)25-21-15-19(10-11-20(21)24)22-5-4-12-28-22/h4-12,15H,13-14,16,24H2,1-3H3,(H,25,26). The van der Waals surface area contributed by atoms with Crippen molar-refractivity contribution in [3.63, 3.8) is 0 Å². The number of rotatable bonds is 8. The van der Waals surface area contributed by atoms with E-state index in [1.807, 2.05) is 65.7 Å². The van der Waals surface area contributed by atoms with Crippen LogP contribution in [-0.4, -0.2) is 19.7 Å². The van der Waals surface area contributed by atoms with Gasteiger partial charge in [0.15, 0.2) is 0 Å². The minimum atomic E-state index is -0.966. The van der Waals surface area contributed by atoms with E-state index in [9.17, 15) is 4.79 Å². The molecule has 3 N–H and O–H groups in total. The Morgan fingerprint density at radius 1 is 1.10 bits per heavy atom. The summed E-state index contributed by atoms with van der Waals surface area (Å²) in [4.78, 5) is 13.8. The number of hydrogen-bond acceptors (Lipinski definition) is 4. The molecule has 3 rings (SSSR count). The lowest BCUT2D eigenvalue weighted by atomic mass is 10.1. The number of amides is 1. The van der Waals surface area contributed by atoms with E-state index in [4.69, 9.17) is 5.73 Å². The van der Waals surface area contributed by atoms with Gasteiger partial charge in [0.1, 0.15) is 0 Å². The third-order valence-corrected chi connectivity index (χ3v) is 8.65. The van der Waals surface area contributed by atoms with Gasteiger partial charge >= 0.3 is 0 Å². The van der Waals surface area contributed by atoms with Gasteiger partial charge in [-0.15, -0.1) is 11.3 Å². The van der Waals surface area contributed by atoms with Crippen LogP contribution in [-0.2, 0) is 5.75 Å². The Hall–Kier alpha value is -2.02. The molecule has 0 atom stereocenters. The fourth-order valence-corrected chi connectivity index (χ4v) is 7.10. The molecule has 1 amide bonds. The van der Waals surface area contributed by atoms with E-state index in [-0.39, 0.29) is 5.91 Å². The fraction of sp³-hybridized carbons (Fsp3) is 0.261. The number of nitrogens with two attached hydrogens (primary N) is 1. The number of nitrogen functional groups attached to an aromatic ring is 1. The second-order valence-corrected chi connectivity index (χ2v) is 16.0. The molecule has 29 heavy (non-hydrogen) atoms. The SMILES string of the molecule is C[Si](C)(C)CCSCc1ccc(C(=O)Nc2cc(-c3cccs3)ccc2N)cc1. The Balaban J connectivity index is 1.60. The van der Waals surface area contributed by atoms with Crippen molar-refractivity contribution in [3.05, 3.63) is 71.1 Å². The van der Waals surface area contributed by atoms with Crippen LogP contribution in [0.4, 0.5) is 11.4 Å². The first-order valence-electron chi connectivity index (χ1n) is 9.73. The number of thiophene rings is 1. The summed E-state index contributed by atoms with van der Waals surface area (Å²) in [5, 5.41) is 4.99. The molecule has 3 nitrogen and oxygen atoms in total. The lowest BCUT2D eigenvalue weighted by Crippen LogP contribution is -2.19. The van der Waals surface area contributed by atoms with Crippen LogP contribution in [0.3, 0.4) is 0 Å². The van der Waals surface area contributed by atoms with Crippen molar-refractivity contribution in [1.29, 1.82) is 0 Å². The Kier molecular flexibility index (Phi) is 7.22. The predicted molar refractivity (Wildman–Crippen MR) is 133 cm³/mol. The van der Waals surface area contributed by atoms with Crippen LogP contribution in [0.2, 0.25) is 25.7 Å². The zero-order valence-corrected chi connectivity index (χ0v) is 19.8. The summed E-state index contributed by atoms with van der Waals surface area (Å²) in [7, 11) is -0.966. The summed E-state index contributed by atoms with van der Waals surface area (Å²) in [6, 6.07) is 19.0. The second kappa shape index (κ2) is 9.65. The molecule has 0 fully saturated rings. The minimum Gasteiger partial charge on any atom is -0.397 e. The highest BCUT2D eigenvalue weighted by Crippen LogP contribution is 2.30. The summed E-state index contributed by atoms with van der Waals surface area (Å²) in [6.07, 6.45) is 0. The first-order valence-corrected chi connectivity index (χ1v) is 15.5. The lowest BCUT2D eigenvalue weighted by Gasteiger charge is -2.14. The molecule has 0 saturated heterocycles. The molecule has 3 aromatic rings. The molecule has 0 saturated carbocycles. The third kappa shape index (κ3) is 6.49. The van der Waals surface area contributed by atoms with E-state index in [2.05, 4.69) is 31.0 Å². The number of benzene rings is 2. The van der Waals surface area contributed by atoms with Gasteiger partial charge in [-0.2, -0.15) is 11.8 Å². The van der Waals surface area contributed by atoms with Gasteiger partial charge in [-0.25, -0.2) is 0 Å². The summed E-state index contributed by atoms with van der Waals surface area (Å²) < 4.78 is 0. The topological polar surface area (TPSA) is 55.1 Å². The molecular formula is C23H28N2OS2Si. The van der Waals surface area contributed by atoms with Crippen molar-refractivity contribution in [2.75, 3.05) is 16.8 Å². The summed E-state index contributed by atoms with van der Waals surface area (Å²) in [6.45, 7) is 7.22. The zero-order valence-electron chi connectivity index (χ0n) is 17.2. The quantitative estimate of drug-likeness (QED) is 0.229. The highest BCUT2D eigenvalue weighted by atomic mass is 32.2. The average Bonchev–Trinajstić information content (AvgIpc) is 3.21. The smallest absolute Gasteiger partial charge is 0.255 e. The summed E-state index contributed by atoms with van der Waals surface area (Å²) in [5.74, 6) is 2.05. The molecule has 1 heterocycles. The molecule has 6 heteroatoms. The van der Waals surface area contributed by atoms with Crippen LogP contribution in [0.5, 0.6) is 0 Å². The highest BCUT2D eigenvalue weighted by molar-refractivity contribution is 7.98. The second-order valence-electron chi connectivity index (χ2n) is 8.29. The average molecular weight is 441 g/mol. The molecule has 0 aliphatic heterocycles. The van der Waals surface area contributed by atoms with Gasteiger partial charge < -0.3 is 11.1 Å². The summed E-state index contributed by atoms with van der Waals surface area (Å²) in [5.41, 5.74) is 10.2. The Morgan fingerprint density at radius 3 is 2.52 bits per heavy atom. The van der Waals surface area contributed by atoms with Gasteiger partial charge in [-0.05, 0) is 58.6 Å². The van der Waals surface area contributed by atoms with Crippen molar-refractivity contribution in [1.82, 2.24) is 0 Å². The van der Waals surface area contributed by atoms with Gasteiger partial charge in [0.25, 0.3) is 5.91 Å². The molecular weight excluding hydrogens is 412 g/mol. The predicted octanol–water partition coefficient (Wildman–Crippen LogP) is 6.82. The number of carbonyl (C=O) groups is 1. The number of nitrogens with one attached hydrogen (secondary N) is 1. The highest BCUT2D eigenvalue weighted by Gasteiger charge is 2.12. The molecule has 0 aliphatic carbocycles.